The second kappa shape index (κ2) is 17.2. The number of rotatable bonds is 18. The van der Waals surface area contributed by atoms with Crippen LogP contribution >= 0.6 is 0 Å². The molecule has 0 amide bonds. The molecule has 0 N–H and O–H groups in total. The summed E-state index contributed by atoms with van der Waals surface area (Å²) in [4.78, 5) is 23.9. The van der Waals surface area contributed by atoms with Crippen LogP contribution in [-0.2, 0) is 37.3 Å². The molecule has 1 aliphatic rings. The first-order valence-corrected chi connectivity index (χ1v) is 18.1. The lowest BCUT2D eigenvalue weighted by molar-refractivity contribution is -0.140. The molecule has 0 bridgehead atoms. The molecule has 1 aliphatic carbocycles. The Labute approximate surface area is 303 Å². The lowest BCUT2D eigenvalue weighted by Gasteiger charge is -2.35. The van der Waals surface area contributed by atoms with Gasteiger partial charge in [0, 0.05) is 11.1 Å². The summed E-state index contributed by atoms with van der Waals surface area (Å²) in [6, 6.07) is 30.6. The van der Waals surface area contributed by atoms with Gasteiger partial charge >= 0.3 is 11.9 Å². The number of carbonyl (C=O) groups is 2. The normalized spacial score (nSPS) is 12.4. The van der Waals surface area contributed by atoms with Gasteiger partial charge in [0.25, 0.3) is 0 Å². The molecule has 266 valence electrons. The van der Waals surface area contributed by atoms with E-state index in [0.29, 0.717) is 11.1 Å². The van der Waals surface area contributed by atoms with E-state index in [1.165, 1.54) is 22.3 Å². The molecule has 6 heteroatoms. The molecule has 4 aromatic carbocycles. The summed E-state index contributed by atoms with van der Waals surface area (Å²) < 4.78 is 23.1. The van der Waals surface area contributed by atoms with Crippen molar-refractivity contribution in [3.63, 3.8) is 0 Å². The van der Waals surface area contributed by atoms with Gasteiger partial charge in [-0.05, 0) is 96.2 Å². The van der Waals surface area contributed by atoms with Crippen LogP contribution in [0.25, 0.3) is 11.1 Å². The second-order valence-corrected chi connectivity index (χ2v) is 13.2. The number of ether oxygens (including phenoxy) is 4. The van der Waals surface area contributed by atoms with Crippen LogP contribution in [0.5, 0.6) is 11.5 Å². The maximum Gasteiger partial charge on any atom is 0.333 e. The van der Waals surface area contributed by atoms with Gasteiger partial charge in [-0.2, -0.15) is 0 Å². The lowest BCUT2D eigenvalue weighted by atomic mass is 9.67. The van der Waals surface area contributed by atoms with Crippen molar-refractivity contribution >= 4 is 11.9 Å². The zero-order chi connectivity index (χ0) is 36.4. The number of hydrogen-bond donors (Lipinski definition) is 0. The third-order valence-corrected chi connectivity index (χ3v) is 9.38. The van der Waals surface area contributed by atoms with Crippen molar-refractivity contribution in [3.05, 3.63) is 143 Å². The van der Waals surface area contributed by atoms with Crippen LogP contribution in [0.1, 0.15) is 86.8 Å². The third-order valence-electron chi connectivity index (χ3n) is 9.38. The average Bonchev–Trinajstić information content (AvgIpc) is 3.44. The Balaban J connectivity index is 1.61. The summed E-state index contributed by atoms with van der Waals surface area (Å²) in [5.41, 5.74) is 9.61. The fourth-order valence-corrected chi connectivity index (χ4v) is 6.87. The second-order valence-electron chi connectivity index (χ2n) is 13.2. The molecule has 0 aromatic heterocycles. The molecule has 5 rings (SSSR count). The van der Waals surface area contributed by atoms with Gasteiger partial charge in [-0.15, -0.1) is 0 Å². The molecule has 0 heterocycles. The quantitative estimate of drug-likeness (QED) is 0.0519. The van der Waals surface area contributed by atoms with Crippen LogP contribution in [0.2, 0.25) is 0 Å². The van der Waals surface area contributed by atoms with Gasteiger partial charge in [0.2, 0.25) is 0 Å². The molecular weight excluding hydrogens is 636 g/mol. The standard InChI is InChI=1S/C45H50O6/c1-7-9-15-33-29-35(21-23-41(33)48-25-27-50-43(46)31(3)4)45(39-19-13-11-17-37(39)38-18-12-14-20-40(38)45)36-22-24-42(34(30-36)16-10-8-2)49-26-28-51-44(47)32(5)6/h11-14,17-24,29-30H,3,5,7-10,15-16,25-28H2,1-2,4,6H3. The molecule has 0 unspecified atom stereocenters. The van der Waals surface area contributed by atoms with E-state index >= 15 is 0 Å². The first-order chi connectivity index (χ1) is 24.7. The van der Waals surface area contributed by atoms with Gasteiger partial charge < -0.3 is 18.9 Å². The summed E-state index contributed by atoms with van der Waals surface area (Å²) in [7, 11) is 0. The Morgan fingerprint density at radius 2 is 1.00 bits per heavy atom. The monoisotopic (exact) mass is 686 g/mol. The van der Waals surface area contributed by atoms with Gasteiger partial charge in [0.05, 0.1) is 5.41 Å². The molecule has 4 aromatic rings. The van der Waals surface area contributed by atoms with Gasteiger partial charge in [0.15, 0.2) is 0 Å². The zero-order valence-electron chi connectivity index (χ0n) is 30.5. The molecule has 0 radical (unpaired) electrons. The maximum absolute atomic E-state index is 11.9. The van der Waals surface area contributed by atoms with E-state index in [0.717, 1.165) is 72.3 Å². The minimum atomic E-state index is -0.597. The molecule has 0 spiro atoms. The highest BCUT2D eigenvalue weighted by Crippen LogP contribution is 2.56. The topological polar surface area (TPSA) is 71.1 Å². The van der Waals surface area contributed by atoms with Crippen molar-refractivity contribution in [1.29, 1.82) is 0 Å². The van der Waals surface area contributed by atoms with E-state index < -0.39 is 17.4 Å². The fraction of sp³-hybridized carbons (Fsp3) is 0.333. The van der Waals surface area contributed by atoms with Gasteiger partial charge in [-0.1, -0.05) is 113 Å². The number of unbranched alkanes of at least 4 members (excludes halogenated alkanes) is 2. The van der Waals surface area contributed by atoms with E-state index in [2.05, 4.69) is 112 Å². The molecule has 0 atom stereocenters. The number of hydrogen-bond acceptors (Lipinski definition) is 6. The molecule has 51 heavy (non-hydrogen) atoms. The summed E-state index contributed by atoms with van der Waals surface area (Å²) in [5.74, 6) is 0.768. The highest BCUT2D eigenvalue weighted by Gasteiger charge is 2.46. The fourth-order valence-electron chi connectivity index (χ4n) is 6.87. The molecule has 0 saturated carbocycles. The molecule has 6 nitrogen and oxygen atoms in total. The van der Waals surface area contributed by atoms with Crippen LogP contribution in [0.3, 0.4) is 0 Å². The largest absolute Gasteiger partial charge is 0.490 e. The Morgan fingerprint density at radius 1 is 0.588 bits per heavy atom. The van der Waals surface area contributed by atoms with Crippen LogP contribution in [-0.4, -0.2) is 38.4 Å². The van der Waals surface area contributed by atoms with E-state index in [9.17, 15) is 9.59 Å². The number of aryl methyl sites for hydroxylation is 2. The van der Waals surface area contributed by atoms with Gasteiger partial charge in [-0.25, -0.2) is 9.59 Å². The van der Waals surface area contributed by atoms with Crippen LogP contribution in [0, 0.1) is 0 Å². The zero-order valence-corrected chi connectivity index (χ0v) is 30.5. The van der Waals surface area contributed by atoms with Gasteiger partial charge in [0.1, 0.15) is 37.9 Å². The van der Waals surface area contributed by atoms with Crippen LogP contribution in [0.15, 0.2) is 109 Å². The van der Waals surface area contributed by atoms with E-state index in [4.69, 9.17) is 18.9 Å². The minimum absolute atomic E-state index is 0.149. The average molecular weight is 687 g/mol. The molecular formula is C45H50O6. The smallest absolute Gasteiger partial charge is 0.333 e. The summed E-state index contributed by atoms with van der Waals surface area (Å²) in [6.45, 7) is 15.8. The minimum Gasteiger partial charge on any atom is -0.490 e. The summed E-state index contributed by atoms with van der Waals surface area (Å²) in [5, 5.41) is 0. The third kappa shape index (κ3) is 8.12. The highest BCUT2D eigenvalue weighted by atomic mass is 16.6. The predicted molar refractivity (Wildman–Crippen MR) is 204 cm³/mol. The van der Waals surface area contributed by atoms with Crippen molar-refractivity contribution < 1.29 is 28.5 Å². The van der Waals surface area contributed by atoms with Crippen molar-refractivity contribution in [1.82, 2.24) is 0 Å². The van der Waals surface area contributed by atoms with Crippen molar-refractivity contribution in [2.75, 3.05) is 26.4 Å². The Hall–Kier alpha value is -5.10. The van der Waals surface area contributed by atoms with Crippen molar-refractivity contribution in [2.45, 2.75) is 71.6 Å². The molecule has 0 fully saturated rings. The van der Waals surface area contributed by atoms with E-state index in [1.807, 2.05) is 0 Å². The van der Waals surface area contributed by atoms with Crippen molar-refractivity contribution in [2.24, 2.45) is 0 Å². The number of esters is 2. The number of fused-ring (bicyclic) bond motifs is 3. The Bertz CT molecular complexity index is 1750. The van der Waals surface area contributed by atoms with E-state index in [-0.39, 0.29) is 26.4 Å². The molecule has 0 saturated heterocycles. The van der Waals surface area contributed by atoms with Crippen LogP contribution in [0.4, 0.5) is 0 Å². The molecule has 0 aliphatic heterocycles. The highest BCUT2D eigenvalue weighted by molar-refractivity contribution is 5.88. The summed E-state index contributed by atoms with van der Waals surface area (Å²) >= 11 is 0. The van der Waals surface area contributed by atoms with E-state index in [1.54, 1.807) is 13.8 Å². The summed E-state index contributed by atoms with van der Waals surface area (Å²) in [6.07, 6.45) is 5.83. The predicted octanol–water partition coefficient (Wildman–Crippen LogP) is 9.73. The van der Waals surface area contributed by atoms with Gasteiger partial charge in [-0.3, -0.25) is 0 Å². The first kappa shape index (κ1) is 37.2. The van der Waals surface area contributed by atoms with Crippen LogP contribution < -0.4 is 9.47 Å². The number of benzene rings is 4. The Morgan fingerprint density at radius 3 is 1.39 bits per heavy atom. The SMILES string of the molecule is C=C(C)C(=O)OCCOc1ccc(C2(c3ccc(OCCOC(=O)C(=C)C)c(CCCC)c3)c3ccccc3-c3ccccc32)cc1CCCC. The number of carbonyl (C=O) groups excluding carboxylic acids is 2. The lowest BCUT2D eigenvalue weighted by Crippen LogP contribution is -2.29. The van der Waals surface area contributed by atoms with Crippen molar-refractivity contribution in [3.8, 4) is 22.6 Å². The Kier molecular flexibility index (Phi) is 12.5. The first-order valence-electron chi connectivity index (χ1n) is 18.1. The maximum atomic E-state index is 11.9.